The molecule has 0 saturated heterocycles. The zero-order chi connectivity index (χ0) is 21.7. The van der Waals surface area contributed by atoms with Gasteiger partial charge >= 0.3 is 0 Å². The first-order chi connectivity index (χ1) is 14.5. The van der Waals surface area contributed by atoms with Crippen LogP contribution in [0.3, 0.4) is 0 Å². The number of pyridine rings is 1. The van der Waals surface area contributed by atoms with E-state index in [4.69, 9.17) is 0 Å². The summed E-state index contributed by atoms with van der Waals surface area (Å²) in [6.45, 7) is 13.1. The molecule has 3 rings (SSSR count). The van der Waals surface area contributed by atoms with E-state index in [0.29, 0.717) is 16.7 Å². The molecule has 1 heterocycles. The number of fused-ring (bicyclic) bond motifs is 2. The van der Waals surface area contributed by atoms with Crippen LogP contribution in [0.15, 0.2) is 53.3 Å². The second-order valence-corrected chi connectivity index (χ2v) is 8.21. The molecule has 0 atom stereocenters. The van der Waals surface area contributed by atoms with Gasteiger partial charge in [-0.1, -0.05) is 52.0 Å². The molecule has 1 amide bonds. The molecule has 0 aliphatic rings. The van der Waals surface area contributed by atoms with Crippen LogP contribution in [0, 0.1) is 5.92 Å². The monoisotopic (exact) mass is 407 g/mol. The van der Waals surface area contributed by atoms with Gasteiger partial charge in [0.1, 0.15) is 6.54 Å². The summed E-state index contributed by atoms with van der Waals surface area (Å²) in [6, 6.07) is 15.1. The average Bonchev–Trinajstić information content (AvgIpc) is 2.76. The van der Waals surface area contributed by atoms with Crippen LogP contribution in [-0.4, -0.2) is 53.0 Å². The van der Waals surface area contributed by atoms with Gasteiger partial charge in [0.05, 0.1) is 11.0 Å². The smallest absolute Gasteiger partial charge is 0.242 e. The molecule has 0 fully saturated rings. The summed E-state index contributed by atoms with van der Waals surface area (Å²) in [6.07, 6.45) is 0. The Hall–Kier alpha value is -2.66. The minimum atomic E-state index is 0.0190. The molecule has 0 aliphatic carbocycles. The van der Waals surface area contributed by atoms with Crippen molar-refractivity contribution < 1.29 is 4.79 Å². The third-order valence-electron chi connectivity index (χ3n) is 5.69. The Labute approximate surface area is 178 Å². The number of nitrogens with zero attached hydrogens (tertiary/aromatic N) is 3. The second kappa shape index (κ2) is 9.90. The molecule has 0 radical (unpaired) electrons. The Kier molecular flexibility index (Phi) is 7.27. The van der Waals surface area contributed by atoms with E-state index in [0.717, 1.165) is 43.8 Å². The molecule has 0 saturated carbocycles. The topological polar surface area (TPSA) is 45.5 Å². The van der Waals surface area contributed by atoms with Crippen LogP contribution < -0.4 is 5.43 Å². The number of hydrogen-bond donors (Lipinski definition) is 0. The van der Waals surface area contributed by atoms with Gasteiger partial charge < -0.3 is 14.4 Å². The maximum atomic E-state index is 13.4. The van der Waals surface area contributed by atoms with E-state index in [1.54, 1.807) is 0 Å². The molecular weight excluding hydrogens is 374 g/mol. The van der Waals surface area contributed by atoms with E-state index in [2.05, 4.69) is 32.6 Å². The second-order valence-electron chi connectivity index (χ2n) is 8.21. The first-order valence-electron chi connectivity index (χ1n) is 11.0. The predicted octanol–water partition coefficient (Wildman–Crippen LogP) is 3.98. The molecule has 0 N–H and O–H groups in total. The van der Waals surface area contributed by atoms with Crippen LogP contribution in [-0.2, 0) is 11.3 Å². The highest BCUT2D eigenvalue weighted by Gasteiger charge is 2.19. The molecule has 0 unspecified atom stereocenters. The van der Waals surface area contributed by atoms with E-state index >= 15 is 0 Å². The highest BCUT2D eigenvalue weighted by atomic mass is 16.2. The van der Waals surface area contributed by atoms with Gasteiger partial charge in [0, 0.05) is 30.4 Å². The summed E-state index contributed by atoms with van der Waals surface area (Å²) in [4.78, 5) is 30.7. The first-order valence-corrected chi connectivity index (χ1v) is 11.0. The van der Waals surface area contributed by atoms with Crippen molar-refractivity contribution in [2.24, 2.45) is 5.92 Å². The number of para-hydroxylation sites is 2. The molecule has 1 aromatic heterocycles. The van der Waals surface area contributed by atoms with Gasteiger partial charge in [0.2, 0.25) is 5.91 Å². The van der Waals surface area contributed by atoms with E-state index in [9.17, 15) is 9.59 Å². The van der Waals surface area contributed by atoms with Crippen molar-refractivity contribution in [3.63, 3.8) is 0 Å². The molecule has 160 valence electrons. The molecule has 2 aromatic carbocycles. The number of rotatable bonds is 9. The fourth-order valence-corrected chi connectivity index (χ4v) is 4.04. The van der Waals surface area contributed by atoms with E-state index in [1.807, 2.05) is 58.0 Å². The lowest BCUT2D eigenvalue weighted by Crippen LogP contribution is -2.42. The average molecular weight is 408 g/mol. The Morgan fingerprint density at radius 3 is 1.93 bits per heavy atom. The van der Waals surface area contributed by atoms with Gasteiger partial charge in [-0.25, -0.2) is 0 Å². The van der Waals surface area contributed by atoms with Crippen LogP contribution in [0.5, 0.6) is 0 Å². The number of carbonyl (C=O) groups excluding carboxylic acids is 1. The lowest BCUT2D eigenvalue weighted by molar-refractivity contribution is -0.132. The van der Waals surface area contributed by atoms with Crippen molar-refractivity contribution in [3.05, 3.63) is 58.8 Å². The lowest BCUT2D eigenvalue weighted by Gasteiger charge is -2.28. The maximum Gasteiger partial charge on any atom is 0.242 e. The quantitative estimate of drug-likeness (QED) is 0.504. The molecule has 0 aliphatic heterocycles. The van der Waals surface area contributed by atoms with E-state index in [-0.39, 0.29) is 17.9 Å². The summed E-state index contributed by atoms with van der Waals surface area (Å²) in [5.74, 6) is 0.489. The van der Waals surface area contributed by atoms with Crippen molar-refractivity contribution in [2.45, 2.75) is 34.2 Å². The van der Waals surface area contributed by atoms with Crippen LogP contribution in [0.2, 0.25) is 0 Å². The third kappa shape index (κ3) is 4.73. The number of benzene rings is 2. The van der Waals surface area contributed by atoms with Crippen molar-refractivity contribution in [2.75, 3.05) is 32.7 Å². The number of amides is 1. The summed E-state index contributed by atoms with van der Waals surface area (Å²) < 4.78 is 2.00. The number of aromatic nitrogens is 1. The Morgan fingerprint density at radius 1 is 0.900 bits per heavy atom. The van der Waals surface area contributed by atoms with Gasteiger partial charge in [-0.05, 0) is 43.3 Å². The molecular formula is C25H33N3O2. The van der Waals surface area contributed by atoms with Crippen LogP contribution >= 0.6 is 0 Å². The highest BCUT2D eigenvalue weighted by molar-refractivity contribution is 5.94. The van der Waals surface area contributed by atoms with E-state index < -0.39 is 0 Å². The molecule has 30 heavy (non-hydrogen) atoms. The molecule has 0 bridgehead atoms. The van der Waals surface area contributed by atoms with Gasteiger partial charge in [-0.3, -0.25) is 9.59 Å². The minimum absolute atomic E-state index is 0.0190. The van der Waals surface area contributed by atoms with E-state index in [1.165, 1.54) is 0 Å². The molecule has 0 spiro atoms. The largest absolute Gasteiger partial charge is 0.340 e. The highest BCUT2D eigenvalue weighted by Crippen LogP contribution is 2.19. The number of likely N-dealkylation sites (N-methyl/N-ethyl adjacent to an activating group) is 1. The number of hydrogen-bond acceptors (Lipinski definition) is 3. The zero-order valence-corrected chi connectivity index (χ0v) is 18.6. The Morgan fingerprint density at radius 2 is 1.43 bits per heavy atom. The van der Waals surface area contributed by atoms with Crippen molar-refractivity contribution in [3.8, 4) is 0 Å². The lowest BCUT2D eigenvalue weighted by atomic mass is 10.1. The fraction of sp³-hybridized carbons (Fsp3) is 0.440. The minimum Gasteiger partial charge on any atom is -0.340 e. The number of carbonyl (C=O) groups is 1. The standard InChI is InChI=1S/C25H33N3O2/c1-5-26(6-2)15-16-27(17-19(3)4)24(29)18-28-22-13-9-7-11-20(22)25(30)21-12-8-10-14-23(21)28/h7-14,19H,5-6,15-18H2,1-4H3. The van der Waals surface area contributed by atoms with Crippen molar-refractivity contribution >= 4 is 27.7 Å². The van der Waals surface area contributed by atoms with Gasteiger partial charge in [0.15, 0.2) is 5.43 Å². The van der Waals surface area contributed by atoms with Crippen LogP contribution in [0.4, 0.5) is 0 Å². The van der Waals surface area contributed by atoms with Crippen LogP contribution in [0.1, 0.15) is 27.7 Å². The first kappa shape index (κ1) is 22.0. The summed E-state index contributed by atoms with van der Waals surface area (Å²) >= 11 is 0. The summed E-state index contributed by atoms with van der Waals surface area (Å²) in [7, 11) is 0. The normalized spacial score (nSPS) is 11.7. The van der Waals surface area contributed by atoms with Crippen molar-refractivity contribution in [1.82, 2.24) is 14.4 Å². The fourth-order valence-electron chi connectivity index (χ4n) is 4.04. The molecule has 5 nitrogen and oxygen atoms in total. The zero-order valence-electron chi connectivity index (χ0n) is 18.6. The maximum absolute atomic E-state index is 13.4. The Bertz CT molecular complexity index is 1010. The van der Waals surface area contributed by atoms with Gasteiger partial charge in [-0.15, -0.1) is 0 Å². The SMILES string of the molecule is CCN(CC)CCN(CC(C)C)C(=O)Cn1c2ccccc2c(=O)c2ccccc21. The summed E-state index contributed by atoms with van der Waals surface area (Å²) in [5, 5.41) is 1.31. The van der Waals surface area contributed by atoms with Crippen molar-refractivity contribution in [1.29, 1.82) is 0 Å². The third-order valence-corrected chi connectivity index (χ3v) is 5.69. The predicted molar refractivity (Wildman–Crippen MR) is 125 cm³/mol. The van der Waals surface area contributed by atoms with Crippen LogP contribution in [0.25, 0.3) is 21.8 Å². The molecule has 3 aromatic rings. The van der Waals surface area contributed by atoms with Gasteiger partial charge in [0.25, 0.3) is 0 Å². The van der Waals surface area contributed by atoms with Gasteiger partial charge in [-0.2, -0.15) is 0 Å². The Balaban J connectivity index is 1.99. The summed E-state index contributed by atoms with van der Waals surface area (Å²) in [5.41, 5.74) is 1.64. The molecule has 5 heteroatoms.